The van der Waals surface area contributed by atoms with Crippen LogP contribution in [0.3, 0.4) is 0 Å². The Morgan fingerprint density at radius 2 is 1.83 bits per heavy atom. The van der Waals surface area contributed by atoms with Crippen LogP contribution in [0.5, 0.6) is 0 Å². The van der Waals surface area contributed by atoms with Gasteiger partial charge in [-0.15, -0.1) is 0 Å². The van der Waals surface area contributed by atoms with Crippen molar-refractivity contribution in [3.05, 3.63) is 28.8 Å². The number of anilines is 1. The molecule has 0 unspecified atom stereocenters. The molecule has 1 fully saturated rings. The van der Waals surface area contributed by atoms with Crippen LogP contribution in [0, 0.1) is 26.2 Å². The summed E-state index contributed by atoms with van der Waals surface area (Å²) in [5.41, 5.74) is 9.92. The molecule has 1 aromatic rings. The molecule has 0 aromatic heterocycles. The highest BCUT2D eigenvalue weighted by Crippen LogP contribution is 2.41. The zero-order valence-electron chi connectivity index (χ0n) is 11.5. The zero-order valence-corrected chi connectivity index (χ0v) is 11.5. The summed E-state index contributed by atoms with van der Waals surface area (Å²) in [6.45, 7) is 6.62. The lowest BCUT2D eigenvalue weighted by molar-refractivity contribution is -0.129. The van der Waals surface area contributed by atoms with Gasteiger partial charge < -0.3 is 11.1 Å². The van der Waals surface area contributed by atoms with E-state index in [-0.39, 0.29) is 11.3 Å². The standard InChI is InChI=1S/C15H22N2O/c1-10-7-12(3)13(8-11(10)2)17-14(18)15(9-16)5-4-6-15/h7-8H,4-6,9,16H2,1-3H3,(H,17,18). The van der Waals surface area contributed by atoms with Crippen LogP contribution in [0.4, 0.5) is 5.69 Å². The predicted octanol–water partition coefficient (Wildman–Crippen LogP) is 2.68. The molecule has 1 aliphatic rings. The third-order valence-corrected chi connectivity index (χ3v) is 4.27. The molecule has 98 valence electrons. The number of hydrogen-bond acceptors (Lipinski definition) is 2. The molecule has 0 atom stereocenters. The molecule has 0 bridgehead atoms. The van der Waals surface area contributed by atoms with Gasteiger partial charge in [-0.3, -0.25) is 4.79 Å². The van der Waals surface area contributed by atoms with Crippen molar-refractivity contribution < 1.29 is 4.79 Å². The fourth-order valence-corrected chi connectivity index (χ4v) is 2.48. The van der Waals surface area contributed by atoms with Gasteiger partial charge in [0.15, 0.2) is 0 Å². The molecule has 0 radical (unpaired) electrons. The van der Waals surface area contributed by atoms with Crippen molar-refractivity contribution in [1.29, 1.82) is 0 Å². The second-order valence-corrected chi connectivity index (χ2v) is 5.54. The Morgan fingerprint density at radius 3 is 2.33 bits per heavy atom. The third kappa shape index (κ3) is 2.15. The molecular formula is C15H22N2O. The average molecular weight is 246 g/mol. The fraction of sp³-hybridized carbons (Fsp3) is 0.533. The molecule has 0 spiro atoms. The number of nitrogens with two attached hydrogens (primary N) is 1. The number of rotatable bonds is 3. The van der Waals surface area contributed by atoms with Gasteiger partial charge in [0.2, 0.25) is 5.91 Å². The van der Waals surface area contributed by atoms with E-state index in [9.17, 15) is 4.79 Å². The van der Waals surface area contributed by atoms with E-state index in [4.69, 9.17) is 5.73 Å². The van der Waals surface area contributed by atoms with E-state index in [1.807, 2.05) is 13.0 Å². The summed E-state index contributed by atoms with van der Waals surface area (Å²) in [6, 6.07) is 4.16. The molecule has 18 heavy (non-hydrogen) atoms. The van der Waals surface area contributed by atoms with Gasteiger partial charge in [-0.2, -0.15) is 0 Å². The molecule has 1 aliphatic carbocycles. The van der Waals surface area contributed by atoms with E-state index in [0.717, 1.165) is 30.5 Å². The topological polar surface area (TPSA) is 55.1 Å². The number of carbonyl (C=O) groups excluding carboxylic acids is 1. The van der Waals surface area contributed by atoms with Crippen LogP contribution in [0.1, 0.15) is 36.0 Å². The van der Waals surface area contributed by atoms with Crippen LogP contribution in [0.2, 0.25) is 0 Å². The summed E-state index contributed by atoms with van der Waals surface area (Å²) in [6.07, 6.45) is 2.94. The fourth-order valence-electron chi connectivity index (χ4n) is 2.48. The van der Waals surface area contributed by atoms with E-state index >= 15 is 0 Å². The largest absolute Gasteiger partial charge is 0.329 e. The number of nitrogens with one attached hydrogen (secondary N) is 1. The Bertz CT molecular complexity index is 470. The van der Waals surface area contributed by atoms with E-state index in [2.05, 4.69) is 25.2 Å². The van der Waals surface area contributed by atoms with Gasteiger partial charge in [0.25, 0.3) is 0 Å². The summed E-state index contributed by atoms with van der Waals surface area (Å²) in [5.74, 6) is 0.0857. The maximum absolute atomic E-state index is 12.3. The summed E-state index contributed by atoms with van der Waals surface area (Å²) < 4.78 is 0. The predicted molar refractivity (Wildman–Crippen MR) is 74.6 cm³/mol. The first-order valence-corrected chi connectivity index (χ1v) is 6.58. The number of benzene rings is 1. The zero-order chi connectivity index (χ0) is 13.3. The quantitative estimate of drug-likeness (QED) is 0.861. The minimum absolute atomic E-state index is 0.0857. The van der Waals surface area contributed by atoms with Gasteiger partial charge in [0, 0.05) is 12.2 Å². The van der Waals surface area contributed by atoms with Gasteiger partial charge in [-0.25, -0.2) is 0 Å². The molecule has 2 rings (SSSR count). The molecule has 0 saturated heterocycles. The summed E-state index contributed by atoms with van der Waals surface area (Å²) in [5, 5.41) is 3.05. The maximum Gasteiger partial charge on any atom is 0.231 e. The maximum atomic E-state index is 12.3. The highest BCUT2D eigenvalue weighted by Gasteiger charge is 2.42. The number of amides is 1. The molecule has 1 aromatic carbocycles. The molecule has 3 N–H and O–H groups in total. The van der Waals surface area contributed by atoms with E-state index < -0.39 is 0 Å². The second kappa shape index (κ2) is 4.73. The van der Waals surface area contributed by atoms with Crippen molar-refractivity contribution in [3.63, 3.8) is 0 Å². The highest BCUT2D eigenvalue weighted by molar-refractivity contribution is 5.96. The van der Waals surface area contributed by atoms with Gasteiger partial charge >= 0.3 is 0 Å². The number of carbonyl (C=O) groups is 1. The van der Waals surface area contributed by atoms with Crippen LogP contribution in [-0.2, 0) is 4.79 Å². The smallest absolute Gasteiger partial charge is 0.231 e. The van der Waals surface area contributed by atoms with Crippen LogP contribution >= 0.6 is 0 Å². The van der Waals surface area contributed by atoms with Crippen molar-refractivity contribution in [2.45, 2.75) is 40.0 Å². The lowest BCUT2D eigenvalue weighted by Gasteiger charge is -2.39. The van der Waals surface area contributed by atoms with Crippen LogP contribution < -0.4 is 11.1 Å². The van der Waals surface area contributed by atoms with Crippen molar-refractivity contribution in [2.24, 2.45) is 11.1 Å². The van der Waals surface area contributed by atoms with Crippen LogP contribution in [-0.4, -0.2) is 12.5 Å². The highest BCUT2D eigenvalue weighted by atomic mass is 16.2. The Kier molecular flexibility index (Phi) is 3.44. The Balaban J connectivity index is 2.19. The van der Waals surface area contributed by atoms with Crippen molar-refractivity contribution in [3.8, 4) is 0 Å². The Morgan fingerprint density at radius 1 is 1.22 bits per heavy atom. The molecular weight excluding hydrogens is 224 g/mol. The summed E-state index contributed by atoms with van der Waals surface area (Å²) in [7, 11) is 0. The Labute approximate surface area is 109 Å². The average Bonchev–Trinajstić information content (AvgIpc) is 2.25. The van der Waals surface area contributed by atoms with Gasteiger partial charge in [-0.1, -0.05) is 12.5 Å². The molecule has 1 amide bonds. The van der Waals surface area contributed by atoms with Gasteiger partial charge in [0.1, 0.15) is 0 Å². The summed E-state index contributed by atoms with van der Waals surface area (Å²) >= 11 is 0. The molecule has 1 saturated carbocycles. The third-order valence-electron chi connectivity index (χ3n) is 4.27. The van der Waals surface area contributed by atoms with E-state index in [1.54, 1.807) is 0 Å². The molecule has 3 heteroatoms. The molecule has 0 aliphatic heterocycles. The first-order valence-electron chi connectivity index (χ1n) is 6.58. The van der Waals surface area contributed by atoms with Crippen LogP contribution in [0.15, 0.2) is 12.1 Å². The summed E-state index contributed by atoms with van der Waals surface area (Å²) in [4.78, 5) is 12.3. The minimum Gasteiger partial charge on any atom is -0.329 e. The van der Waals surface area contributed by atoms with Crippen molar-refractivity contribution >= 4 is 11.6 Å². The second-order valence-electron chi connectivity index (χ2n) is 5.54. The Hall–Kier alpha value is -1.35. The molecule has 0 heterocycles. The lowest BCUT2D eigenvalue weighted by Crippen LogP contribution is -2.47. The first-order chi connectivity index (χ1) is 8.48. The van der Waals surface area contributed by atoms with Gasteiger partial charge in [-0.05, 0) is 56.4 Å². The number of hydrogen-bond donors (Lipinski definition) is 2. The van der Waals surface area contributed by atoms with Crippen molar-refractivity contribution in [1.82, 2.24) is 0 Å². The van der Waals surface area contributed by atoms with Crippen LogP contribution in [0.25, 0.3) is 0 Å². The SMILES string of the molecule is Cc1cc(C)c(NC(=O)C2(CN)CCC2)cc1C. The van der Waals surface area contributed by atoms with Gasteiger partial charge in [0.05, 0.1) is 5.41 Å². The van der Waals surface area contributed by atoms with E-state index in [1.165, 1.54) is 11.1 Å². The number of aryl methyl sites for hydroxylation is 3. The molecule has 3 nitrogen and oxygen atoms in total. The lowest BCUT2D eigenvalue weighted by atomic mass is 9.68. The normalized spacial score (nSPS) is 17.1. The first kappa shape index (κ1) is 13.1. The van der Waals surface area contributed by atoms with E-state index in [0.29, 0.717) is 6.54 Å². The van der Waals surface area contributed by atoms with Crippen molar-refractivity contribution in [2.75, 3.05) is 11.9 Å². The monoisotopic (exact) mass is 246 g/mol. The minimum atomic E-state index is -0.314.